The first-order valence-electron chi connectivity index (χ1n) is 7.71. The Morgan fingerprint density at radius 3 is 2.48 bits per heavy atom. The number of allylic oxidation sites excluding steroid dienone is 4. The van der Waals surface area contributed by atoms with Crippen LogP contribution < -0.4 is 5.32 Å². The Balaban J connectivity index is 4.42. The minimum atomic E-state index is -0.749. The Bertz CT molecular complexity index is 525. The maximum absolute atomic E-state index is 11.6. The van der Waals surface area contributed by atoms with E-state index in [9.17, 15) is 14.4 Å². The minimum Gasteiger partial charge on any atom is -0.504 e. The van der Waals surface area contributed by atoms with Crippen molar-refractivity contribution in [3.63, 3.8) is 0 Å². The van der Waals surface area contributed by atoms with Crippen LogP contribution in [0.5, 0.6) is 0 Å². The smallest absolute Gasteiger partial charge is 0.431 e. The van der Waals surface area contributed by atoms with Crippen molar-refractivity contribution in [1.29, 1.82) is 0 Å². The molecule has 0 atom stereocenters. The highest BCUT2D eigenvalue weighted by molar-refractivity contribution is 5.79. The highest BCUT2D eigenvalue weighted by atomic mass is 16.7. The van der Waals surface area contributed by atoms with Crippen LogP contribution in [0.1, 0.15) is 26.2 Å². The largest absolute Gasteiger partial charge is 0.504 e. The Morgan fingerprint density at radius 2 is 1.88 bits per heavy atom. The molecule has 0 bridgehead atoms. The van der Waals surface area contributed by atoms with Gasteiger partial charge in [0.05, 0.1) is 26.2 Å². The Morgan fingerprint density at radius 1 is 1.16 bits per heavy atom. The zero-order valence-electron chi connectivity index (χ0n) is 15.1. The van der Waals surface area contributed by atoms with Crippen LogP contribution in [0.4, 0.5) is 4.79 Å². The van der Waals surface area contributed by atoms with Gasteiger partial charge in [-0.15, -0.1) is 0 Å². The van der Waals surface area contributed by atoms with Crippen molar-refractivity contribution in [2.45, 2.75) is 26.2 Å². The average molecular weight is 354 g/mol. The lowest BCUT2D eigenvalue weighted by molar-refractivity contribution is -0.160. The molecule has 0 unspecified atom stereocenters. The van der Waals surface area contributed by atoms with Crippen LogP contribution in [-0.4, -0.2) is 51.2 Å². The summed E-state index contributed by atoms with van der Waals surface area (Å²) in [6.07, 6.45) is 7.42. The molecule has 8 nitrogen and oxygen atoms in total. The Kier molecular flexibility index (Phi) is 12.1. The molecule has 0 spiro atoms. The van der Waals surface area contributed by atoms with E-state index in [1.165, 1.54) is 20.4 Å². The lowest BCUT2D eigenvalue weighted by Gasteiger charge is -2.16. The van der Waals surface area contributed by atoms with Gasteiger partial charge in [0.2, 0.25) is 0 Å². The second-order valence-electron chi connectivity index (χ2n) is 4.91. The number of ether oxygens (including phenoxy) is 2. The summed E-state index contributed by atoms with van der Waals surface area (Å²) in [5.41, 5.74) is 0.897. The fourth-order valence-corrected chi connectivity index (χ4v) is 1.53. The first kappa shape index (κ1) is 22.2. The molecule has 0 rings (SSSR count). The SMILES string of the molecule is CO/C=C/C(=C\C=C(/C)OC)CCNC(=O)ON(C)C(=O)CCC=O. The Hall–Kier alpha value is -2.77. The molecule has 0 aliphatic rings. The van der Waals surface area contributed by atoms with Gasteiger partial charge >= 0.3 is 6.09 Å². The van der Waals surface area contributed by atoms with Crippen LogP contribution in [0.15, 0.2) is 35.8 Å². The van der Waals surface area contributed by atoms with Gasteiger partial charge in [0.1, 0.15) is 6.29 Å². The number of hydrogen-bond donors (Lipinski definition) is 1. The summed E-state index contributed by atoms with van der Waals surface area (Å²) < 4.78 is 9.94. The number of aldehydes is 1. The van der Waals surface area contributed by atoms with E-state index in [1.807, 2.05) is 13.0 Å². The van der Waals surface area contributed by atoms with Gasteiger partial charge in [-0.25, -0.2) is 4.79 Å². The van der Waals surface area contributed by atoms with Gasteiger partial charge in [-0.3, -0.25) is 4.79 Å². The fourth-order valence-electron chi connectivity index (χ4n) is 1.53. The third kappa shape index (κ3) is 11.4. The normalized spacial score (nSPS) is 11.8. The summed E-state index contributed by atoms with van der Waals surface area (Å²) in [5.74, 6) is 0.289. The van der Waals surface area contributed by atoms with Crippen LogP contribution >= 0.6 is 0 Å². The van der Waals surface area contributed by atoms with Crippen molar-refractivity contribution < 1.29 is 28.7 Å². The zero-order valence-corrected chi connectivity index (χ0v) is 15.1. The van der Waals surface area contributed by atoms with Crippen LogP contribution in [-0.2, 0) is 23.9 Å². The van der Waals surface area contributed by atoms with E-state index in [1.54, 1.807) is 19.3 Å². The van der Waals surface area contributed by atoms with Gasteiger partial charge in [-0.1, -0.05) is 6.08 Å². The van der Waals surface area contributed by atoms with Gasteiger partial charge in [0, 0.05) is 26.4 Å². The number of nitrogens with one attached hydrogen (secondary N) is 1. The molecule has 0 aromatic rings. The van der Waals surface area contributed by atoms with E-state index in [0.29, 0.717) is 19.3 Å². The van der Waals surface area contributed by atoms with E-state index in [4.69, 9.17) is 14.3 Å². The van der Waals surface area contributed by atoms with Gasteiger partial charge < -0.3 is 24.4 Å². The molecule has 1 N–H and O–H groups in total. The summed E-state index contributed by atoms with van der Waals surface area (Å²) in [5, 5.41) is 3.35. The quantitative estimate of drug-likeness (QED) is 0.279. The molecule has 0 aromatic carbocycles. The Labute approximate surface area is 148 Å². The summed E-state index contributed by atoms with van der Waals surface area (Å²) in [6.45, 7) is 2.12. The summed E-state index contributed by atoms with van der Waals surface area (Å²) in [4.78, 5) is 38.2. The maximum Gasteiger partial charge on any atom is 0.431 e. The highest BCUT2D eigenvalue weighted by Gasteiger charge is 2.13. The van der Waals surface area contributed by atoms with Crippen LogP contribution in [0, 0.1) is 0 Å². The molecular weight excluding hydrogens is 328 g/mol. The predicted octanol–water partition coefficient (Wildman–Crippen LogP) is 2.09. The number of hydroxylamine groups is 2. The summed E-state index contributed by atoms with van der Waals surface area (Å²) >= 11 is 0. The third-order valence-electron chi connectivity index (χ3n) is 3.00. The fraction of sp³-hybridized carbons (Fsp3) is 0.471. The predicted molar refractivity (Wildman–Crippen MR) is 92.2 cm³/mol. The van der Waals surface area contributed by atoms with Crippen LogP contribution in [0.25, 0.3) is 0 Å². The third-order valence-corrected chi connectivity index (χ3v) is 3.00. The standard InChI is InChI=1S/C17H26N2O6/c1-14(24-4)7-8-15(10-13-23-3)9-11-18-17(22)25-19(2)16(21)6-5-12-20/h7-8,10,12-13H,5-6,9,11H2,1-4H3,(H,18,22)/b13-10+,14-7+,15-8-. The molecule has 0 fully saturated rings. The maximum atomic E-state index is 11.6. The molecule has 0 saturated carbocycles. The monoisotopic (exact) mass is 354 g/mol. The lowest BCUT2D eigenvalue weighted by Crippen LogP contribution is -2.35. The summed E-state index contributed by atoms with van der Waals surface area (Å²) in [6, 6.07) is 0. The van der Waals surface area contributed by atoms with Crippen molar-refractivity contribution in [2.24, 2.45) is 0 Å². The molecule has 8 heteroatoms. The zero-order chi connectivity index (χ0) is 19.1. The molecule has 0 radical (unpaired) electrons. The van der Waals surface area contributed by atoms with Crippen molar-refractivity contribution in [3.05, 3.63) is 35.8 Å². The molecule has 2 amide bonds. The molecule has 25 heavy (non-hydrogen) atoms. The number of amides is 2. The van der Waals surface area contributed by atoms with Gasteiger partial charge in [-0.05, 0) is 31.1 Å². The lowest BCUT2D eigenvalue weighted by atomic mass is 10.1. The van der Waals surface area contributed by atoms with E-state index in [2.05, 4.69) is 5.32 Å². The van der Waals surface area contributed by atoms with Crippen molar-refractivity contribution in [2.75, 3.05) is 27.8 Å². The number of carbonyl (C=O) groups excluding carboxylic acids is 3. The molecule has 140 valence electrons. The first-order chi connectivity index (χ1) is 11.9. The summed E-state index contributed by atoms with van der Waals surface area (Å²) in [7, 11) is 4.43. The average Bonchev–Trinajstić information content (AvgIpc) is 2.60. The number of carbonyl (C=O) groups is 3. The van der Waals surface area contributed by atoms with E-state index in [0.717, 1.165) is 16.4 Å². The number of methoxy groups -OCH3 is 2. The topological polar surface area (TPSA) is 94.2 Å². The van der Waals surface area contributed by atoms with Crippen molar-refractivity contribution >= 4 is 18.3 Å². The molecule has 0 aliphatic heterocycles. The number of nitrogens with zero attached hydrogens (tertiary/aromatic N) is 1. The minimum absolute atomic E-state index is 0.00678. The van der Waals surface area contributed by atoms with E-state index >= 15 is 0 Å². The van der Waals surface area contributed by atoms with Gasteiger partial charge in [0.25, 0.3) is 5.91 Å². The highest BCUT2D eigenvalue weighted by Crippen LogP contribution is 2.06. The first-order valence-corrected chi connectivity index (χ1v) is 7.71. The van der Waals surface area contributed by atoms with Crippen LogP contribution in [0.2, 0.25) is 0 Å². The van der Waals surface area contributed by atoms with Crippen molar-refractivity contribution in [3.8, 4) is 0 Å². The molecule has 0 aliphatic carbocycles. The van der Waals surface area contributed by atoms with Crippen molar-refractivity contribution in [1.82, 2.24) is 10.4 Å². The van der Waals surface area contributed by atoms with E-state index in [-0.39, 0.29) is 12.8 Å². The number of hydrogen-bond acceptors (Lipinski definition) is 6. The van der Waals surface area contributed by atoms with Crippen LogP contribution in [0.3, 0.4) is 0 Å². The molecule has 0 aromatic heterocycles. The van der Waals surface area contributed by atoms with Gasteiger partial charge in [0.15, 0.2) is 0 Å². The molecular formula is C17H26N2O6. The second kappa shape index (κ2) is 13.6. The molecule has 0 saturated heterocycles. The van der Waals surface area contributed by atoms with E-state index < -0.39 is 12.0 Å². The van der Waals surface area contributed by atoms with Gasteiger partial charge in [-0.2, -0.15) is 5.06 Å². The number of rotatable bonds is 10. The molecule has 0 heterocycles. The second-order valence-corrected chi connectivity index (χ2v) is 4.91.